The summed E-state index contributed by atoms with van der Waals surface area (Å²) in [6, 6.07) is 70.2. The zero-order valence-corrected chi connectivity index (χ0v) is 35.1. The van der Waals surface area contributed by atoms with Crippen molar-refractivity contribution >= 4 is 49.8 Å². The van der Waals surface area contributed by atoms with Gasteiger partial charge in [0.2, 0.25) is 0 Å². The summed E-state index contributed by atoms with van der Waals surface area (Å²) < 4.78 is 6.76. The standard InChI is InChI=1S/C60H45NO/c1-59(2)51-26-8-5-21-45(51)49-25-14-23-42(57(49)59)39-17-13-18-40(36-39)61(41-31-33-46-44-20-6-9-27-52(44)60(53(46)37-41)34-11-12-35-60)54-28-10-7-22-47(54)48-24-15-29-55-56(48)50-32-30-38-16-3-4-19-43(38)58(50)62-55/h3-10,13-33,36-37H,11-12,34-35H2,1-2H3. The van der Waals surface area contributed by atoms with Crippen LogP contribution in [-0.2, 0) is 10.8 Å². The lowest BCUT2D eigenvalue weighted by Gasteiger charge is -2.31. The molecule has 9 aromatic carbocycles. The van der Waals surface area contributed by atoms with Crippen molar-refractivity contribution in [1.29, 1.82) is 0 Å². The summed E-state index contributed by atoms with van der Waals surface area (Å²) in [6.07, 6.45) is 4.89. The molecule has 0 saturated heterocycles. The summed E-state index contributed by atoms with van der Waals surface area (Å²) in [7, 11) is 0. The summed E-state index contributed by atoms with van der Waals surface area (Å²) in [5.41, 5.74) is 21.3. The maximum atomic E-state index is 6.76. The van der Waals surface area contributed by atoms with Crippen molar-refractivity contribution < 1.29 is 4.42 Å². The van der Waals surface area contributed by atoms with Gasteiger partial charge in [-0.3, -0.25) is 0 Å². The molecule has 0 atom stereocenters. The van der Waals surface area contributed by atoms with Gasteiger partial charge in [0, 0.05) is 43.9 Å². The predicted octanol–water partition coefficient (Wildman–Crippen LogP) is 16.7. The van der Waals surface area contributed by atoms with E-state index in [1.54, 1.807) is 0 Å². The van der Waals surface area contributed by atoms with Crippen LogP contribution in [0.4, 0.5) is 17.1 Å². The van der Waals surface area contributed by atoms with Gasteiger partial charge in [-0.2, -0.15) is 0 Å². The van der Waals surface area contributed by atoms with Gasteiger partial charge in [0.1, 0.15) is 11.2 Å². The van der Waals surface area contributed by atoms with E-state index in [4.69, 9.17) is 4.42 Å². The quantitative estimate of drug-likeness (QED) is 0.173. The van der Waals surface area contributed by atoms with Gasteiger partial charge < -0.3 is 9.32 Å². The van der Waals surface area contributed by atoms with Crippen molar-refractivity contribution in [2.45, 2.75) is 50.4 Å². The van der Waals surface area contributed by atoms with Gasteiger partial charge in [-0.05, 0) is 122 Å². The molecule has 1 saturated carbocycles. The first-order chi connectivity index (χ1) is 30.5. The molecule has 0 N–H and O–H groups in total. The molecule has 1 aromatic heterocycles. The molecule has 0 radical (unpaired) electrons. The average molecular weight is 796 g/mol. The van der Waals surface area contributed by atoms with Crippen molar-refractivity contribution in [2.75, 3.05) is 4.90 Å². The van der Waals surface area contributed by atoms with Gasteiger partial charge in [0.05, 0.1) is 5.69 Å². The molecule has 0 aliphatic heterocycles. The molecule has 0 amide bonds. The Kier molecular flexibility index (Phi) is 7.56. The van der Waals surface area contributed by atoms with Crippen molar-refractivity contribution in [1.82, 2.24) is 0 Å². The van der Waals surface area contributed by atoms with Gasteiger partial charge in [-0.1, -0.05) is 172 Å². The number of hydrogen-bond donors (Lipinski definition) is 0. The highest BCUT2D eigenvalue weighted by molar-refractivity contribution is 6.19. The van der Waals surface area contributed by atoms with E-state index >= 15 is 0 Å². The number of rotatable bonds is 5. The zero-order valence-electron chi connectivity index (χ0n) is 35.1. The molecule has 2 heteroatoms. The molecule has 1 fully saturated rings. The number of hydrogen-bond acceptors (Lipinski definition) is 2. The Morgan fingerprint density at radius 1 is 0.452 bits per heavy atom. The van der Waals surface area contributed by atoms with Crippen LogP contribution in [0.1, 0.15) is 61.8 Å². The highest BCUT2D eigenvalue weighted by Gasteiger charge is 2.45. The number of furan rings is 1. The molecule has 3 aliphatic carbocycles. The lowest BCUT2D eigenvalue weighted by Crippen LogP contribution is -2.21. The number of para-hydroxylation sites is 1. The van der Waals surface area contributed by atoms with E-state index in [1.165, 1.54) is 92.4 Å². The monoisotopic (exact) mass is 795 g/mol. The fraction of sp³-hybridized carbons (Fsp3) is 0.133. The normalized spacial score (nSPS) is 15.3. The summed E-state index contributed by atoms with van der Waals surface area (Å²) in [5, 5.41) is 4.60. The number of nitrogens with zero attached hydrogens (tertiary/aromatic N) is 1. The highest BCUT2D eigenvalue weighted by atomic mass is 16.3. The molecule has 0 bridgehead atoms. The third kappa shape index (κ3) is 4.92. The molecule has 2 nitrogen and oxygen atoms in total. The van der Waals surface area contributed by atoms with Crippen LogP contribution in [0.15, 0.2) is 192 Å². The van der Waals surface area contributed by atoms with Crippen molar-refractivity contribution in [3.05, 3.63) is 210 Å². The molecular weight excluding hydrogens is 751 g/mol. The smallest absolute Gasteiger partial charge is 0.143 e. The number of benzene rings is 9. The van der Waals surface area contributed by atoms with E-state index in [9.17, 15) is 0 Å². The van der Waals surface area contributed by atoms with Crippen molar-refractivity contribution in [2.24, 2.45) is 0 Å². The minimum atomic E-state index is -0.132. The van der Waals surface area contributed by atoms with Crippen molar-refractivity contribution in [3.8, 4) is 44.5 Å². The fourth-order valence-corrected chi connectivity index (χ4v) is 12.1. The van der Waals surface area contributed by atoms with Gasteiger partial charge in [-0.25, -0.2) is 0 Å². The number of anilines is 3. The van der Waals surface area contributed by atoms with Crippen LogP contribution in [-0.4, -0.2) is 0 Å². The minimum Gasteiger partial charge on any atom is -0.455 e. The second-order valence-electron chi connectivity index (χ2n) is 18.3. The number of fused-ring (bicyclic) bond motifs is 13. The van der Waals surface area contributed by atoms with Crippen LogP contribution in [0.25, 0.3) is 77.2 Å². The summed E-state index contributed by atoms with van der Waals surface area (Å²) >= 11 is 0. The summed E-state index contributed by atoms with van der Waals surface area (Å²) in [4.78, 5) is 2.53. The summed E-state index contributed by atoms with van der Waals surface area (Å²) in [5.74, 6) is 0. The van der Waals surface area contributed by atoms with Gasteiger partial charge >= 0.3 is 0 Å². The van der Waals surface area contributed by atoms with Crippen LogP contribution in [0.5, 0.6) is 0 Å². The van der Waals surface area contributed by atoms with E-state index in [0.29, 0.717) is 0 Å². The van der Waals surface area contributed by atoms with Gasteiger partial charge in [0.15, 0.2) is 0 Å². The molecule has 3 aliphatic rings. The lowest BCUT2D eigenvalue weighted by molar-refractivity contribution is 0.550. The molecule has 296 valence electrons. The Bertz CT molecular complexity index is 3470. The van der Waals surface area contributed by atoms with Gasteiger partial charge in [-0.15, -0.1) is 0 Å². The van der Waals surface area contributed by atoms with E-state index in [0.717, 1.165) is 49.8 Å². The summed E-state index contributed by atoms with van der Waals surface area (Å²) in [6.45, 7) is 4.77. The first-order valence-electron chi connectivity index (χ1n) is 22.3. The molecule has 62 heavy (non-hydrogen) atoms. The Morgan fingerprint density at radius 2 is 1.10 bits per heavy atom. The maximum Gasteiger partial charge on any atom is 0.143 e. The molecule has 10 aromatic rings. The molecule has 1 spiro atoms. The Balaban J connectivity index is 1.05. The predicted molar refractivity (Wildman–Crippen MR) is 259 cm³/mol. The lowest BCUT2D eigenvalue weighted by atomic mass is 9.76. The van der Waals surface area contributed by atoms with Crippen LogP contribution in [0.2, 0.25) is 0 Å². The molecule has 0 unspecified atom stereocenters. The largest absolute Gasteiger partial charge is 0.455 e. The van der Waals surface area contributed by atoms with Crippen molar-refractivity contribution in [3.63, 3.8) is 0 Å². The van der Waals surface area contributed by atoms with Crippen LogP contribution in [0.3, 0.4) is 0 Å². The minimum absolute atomic E-state index is 0.0459. The second kappa shape index (κ2) is 13.2. The van der Waals surface area contributed by atoms with Crippen LogP contribution in [0, 0.1) is 0 Å². The first-order valence-corrected chi connectivity index (χ1v) is 22.3. The first kappa shape index (κ1) is 35.6. The zero-order chi connectivity index (χ0) is 41.2. The fourth-order valence-electron chi connectivity index (χ4n) is 12.1. The topological polar surface area (TPSA) is 16.4 Å². The second-order valence-corrected chi connectivity index (χ2v) is 18.3. The van der Waals surface area contributed by atoms with E-state index in [1.807, 2.05) is 0 Å². The third-order valence-electron chi connectivity index (χ3n) is 14.8. The van der Waals surface area contributed by atoms with Crippen LogP contribution >= 0.6 is 0 Å². The maximum absolute atomic E-state index is 6.76. The highest BCUT2D eigenvalue weighted by Crippen LogP contribution is 2.59. The van der Waals surface area contributed by atoms with E-state index in [2.05, 4.69) is 207 Å². The van der Waals surface area contributed by atoms with E-state index in [-0.39, 0.29) is 10.8 Å². The average Bonchev–Trinajstić information content (AvgIpc) is 4.09. The Hall–Kier alpha value is -7.16. The van der Waals surface area contributed by atoms with Gasteiger partial charge in [0.25, 0.3) is 0 Å². The molecule has 13 rings (SSSR count). The SMILES string of the molecule is CC1(C)c2ccccc2-c2cccc(-c3cccc(N(c4ccc5c(c4)C4(CCCC4)c4ccccc4-5)c4ccccc4-c4cccc5oc6c7ccccc7ccc6c45)c3)c21. The molecular formula is C60H45NO. The Labute approximate surface area is 362 Å². The molecule has 1 heterocycles. The Morgan fingerprint density at radius 3 is 1.97 bits per heavy atom. The van der Waals surface area contributed by atoms with Crippen LogP contribution < -0.4 is 4.90 Å². The third-order valence-corrected chi connectivity index (χ3v) is 14.8. The van der Waals surface area contributed by atoms with E-state index < -0.39 is 0 Å².